The molecule has 0 unspecified atom stereocenters. The van der Waals surface area contributed by atoms with Crippen molar-refractivity contribution in [3.63, 3.8) is 0 Å². The molecule has 1 aromatic carbocycles. The zero-order chi connectivity index (χ0) is 26.6. The summed E-state index contributed by atoms with van der Waals surface area (Å²) in [6.07, 6.45) is 3.49. The summed E-state index contributed by atoms with van der Waals surface area (Å²) in [7, 11) is -3.55. The first-order chi connectivity index (χ1) is 16.9. The Morgan fingerprint density at radius 1 is 1.17 bits per heavy atom. The van der Waals surface area contributed by atoms with Gasteiger partial charge in [0.15, 0.2) is 21.4 Å². The normalized spacial score (nSPS) is 15.6. The molecule has 0 spiro atoms. The van der Waals surface area contributed by atoms with Gasteiger partial charge >= 0.3 is 0 Å². The zero-order valence-corrected chi connectivity index (χ0v) is 22.0. The standard InChI is InChI=1S/C25H32FN3O6S/c1-15(2)20(12-16(3)30)25(31)29-10-8-18(9-11-29)34-23-17(4)24(28-14-27-23)35-22-7-6-19(13-21(22)26)36(5,32)33/h6-7,13-15,18,20H,8-12H2,1-5H3/t20-/m1/s1. The van der Waals surface area contributed by atoms with E-state index in [0.29, 0.717) is 31.5 Å². The van der Waals surface area contributed by atoms with Crippen molar-refractivity contribution < 1.29 is 31.9 Å². The summed E-state index contributed by atoms with van der Waals surface area (Å²) >= 11 is 0. The number of ether oxygens (including phenoxy) is 2. The lowest BCUT2D eigenvalue weighted by Gasteiger charge is -2.35. The maximum atomic E-state index is 14.4. The number of likely N-dealkylation sites (tertiary alicyclic amines) is 1. The molecule has 1 atom stereocenters. The molecule has 0 saturated carbocycles. The lowest BCUT2D eigenvalue weighted by Crippen LogP contribution is -2.45. The number of carbonyl (C=O) groups excluding carboxylic acids is 2. The number of sulfone groups is 1. The third-order valence-corrected chi connectivity index (χ3v) is 7.30. The third-order valence-electron chi connectivity index (χ3n) is 6.19. The number of halogens is 1. The number of ketones is 1. The molecule has 196 valence electrons. The highest BCUT2D eigenvalue weighted by molar-refractivity contribution is 7.90. The van der Waals surface area contributed by atoms with Gasteiger partial charge in [0, 0.05) is 44.5 Å². The molecule has 1 fully saturated rings. The van der Waals surface area contributed by atoms with Crippen molar-refractivity contribution in [2.24, 2.45) is 11.8 Å². The number of rotatable bonds is 9. The maximum absolute atomic E-state index is 14.4. The first-order valence-electron chi connectivity index (χ1n) is 11.8. The summed E-state index contributed by atoms with van der Waals surface area (Å²) in [6, 6.07) is 3.39. The van der Waals surface area contributed by atoms with Crippen LogP contribution in [-0.4, -0.2) is 60.4 Å². The predicted octanol–water partition coefficient (Wildman–Crippen LogP) is 3.74. The minimum absolute atomic E-state index is 0.00327. The van der Waals surface area contributed by atoms with E-state index in [2.05, 4.69) is 9.97 Å². The Balaban J connectivity index is 1.65. The summed E-state index contributed by atoms with van der Waals surface area (Å²) in [4.78, 5) is 34.4. The molecule has 3 rings (SSSR count). The summed E-state index contributed by atoms with van der Waals surface area (Å²) < 4.78 is 49.3. The first kappa shape index (κ1) is 27.5. The highest BCUT2D eigenvalue weighted by atomic mass is 32.2. The van der Waals surface area contributed by atoms with Gasteiger partial charge in [0.05, 0.1) is 10.5 Å². The van der Waals surface area contributed by atoms with E-state index >= 15 is 0 Å². The molecular weight excluding hydrogens is 489 g/mol. The Bertz CT molecular complexity index is 1230. The Morgan fingerprint density at radius 2 is 1.81 bits per heavy atom. The number of benzene rings is 1. The molecular formula is C25H32FN3O6S. The number of piperidine rings is 1. The van der Waals surface area contributed by atoms with E-state index in [9.17, 15) is 22.4 Å². The van der Waals surface area contributed by atoms with Crippen LogP contribution in [0, 0.1) is 24.6 Å². The average Bonchev–Trinajstić information content (AvgIpc) is 2.80. The molecule has 2 heterocycles. The number of amides is 1. The van der Waals surface area contributed by atoms with Gasteiger partial charge in [0.2, 0.25) is 17.7 Å². The molecule has 36 heavy (non-hydrogen) atoms. The number of hydrogen-bond acceptors (Lipinski definition) is 8. The van der Waals surface area contributed by atoms with Gasteiger partial charge in [0.1, 0.15) is 18.2 Å². The predicted molar refractivity (Wildman–Crippen MR) is 130 cm³/mol. The Morgan fingerprint density at radius 3 is 2.36 bits per heavy atom. The van der Waals surface area contributed by atoms with E-state index in [-0.39, 0.29) is 58.5 Å². The molecule has 9 nitrogen and oxygen atoms in total. The molecule has 1 saturated heterocycles. The molecule has 11 heteroatoms. The van der Waals surface area contributed by atoms with Crippen LogP contribution in [0.25, 0.3) is 0 Å². The number of nitrogens with zero attached hydrogens (tertiary/aromatic N) is 3. The van der Waals surface area contributed by atoms with Gasteiger partial charge in [-0.25, -0.2) is 22.8 Å². The van der Waals surface area contributed by atoms with Crippen LogP contribution < -0.4 is 9.47 Å². The Labute approximate surface area is 210 Å². The van der Waals surface area contributed by atoms with Crippen molar-refractivity contribution >= 4 is 21.5 Å². The fourth-order valence-corrected chi connectivity index (χ4v) is 4.68. The van der Waals surface area contributed by atoms with E-state index in [1.165, 1.54) is 25.4 Å². The van der Waals surface area contributed by atoms with Gasteiger partial charge in [-0.2, -0.15) is 0 Å². The number of carbonyl (C=O) groups is 2. The lowest BCUT2D eigenvalue weighted by atomic mass is 9.89. The molecule has 1 aliphatic rings. The number of Topliss-reactive ketones (excluding diaryl/α,β-unsaturated/α-hetero) is 1. The van der Waals surface area contributed by atoms with E-state index in [1.807, 2.05) is 13.8 Å². The van der Waals surface area contributed by atoms with Crippen LogP contribution >= 0.6 is 0 Å². The van der Waals surface area contributed by atoms with Crippen LogP contribution in [0.1, 0.15) is 45.6 Å². The Kier molecular flexibility index (Phi) is 8.65. The van der Waals surface area contributed by atoms with Crippen molar-refractivity contribution in [3.8, 4) is 17.5 Å². The van der Waals surface area contributed by atoms with Crippen LogP contribution in [-0.2, 0) is 19.4 Å². The summed E-state index contributed by atoms with van der Waals surface area (Å²) in [5.41, 5.74) is 0.462. The SMILES string of the molecule is CC(=O)C[C@@H](C(=O)N1CCC(Oc2ncnc(Oc3ccc(S(C)(=O)=O)cc3F)c2C)CC1)C(C)C. The second-order valence-electron chi connectivity index (χ2n) is 9.47. The van der Waals surface area contributed by atoms with Gasteiger partial charge in [-0.3, -0.25) is 4.79 Å². The fraction of sp³-hybridized carbons (Fsp3) is 0.520. The maximum Gasteiger partial charge on any atom is 0.229 e. The van der Waals surface area contributed by atoms with Crippen molar-refractivity contribution in [2.75, 3.05) is 19.3 Å². The summed E-state index contributed by atoms with van der Waals surface area (Å²) in [5, 5.41) is 0. The minimum atomic E-state index is -3.55. The van der Waals surface area contributed by atoms with E-state index < -0.39 is 15.7 Å². The number of aromatic nitrogens is 2. The topological polar surface area (TPSA) is 116 Å². The molecule has 0 aliphatic carbocycles. The fourth-order valence-electron chi connectivity index (χ4n) is 4.04. The highest BCUT2D eigenvalue weighted by Crippen LogP contribution is 2.31. The number of hydrogen-bond donors (Lipinski definition) is 0. The van der Waals surface area contributed by atoms with Gasteiger partial charge in [-0.15, -0.1) is 0 Å². The third kappa shape index (κ3) is 6.77. The van der Waals surface area contributed by atoms with Crippen LogP contribution in [0.5, 0.6) is 17.5 Å². The van der Waals surface area contributed by atoms with Gasteiger partial charge in [0.25, 0.3) is 0 Å². The van der Waals surface area contributed by atoms with E-state index in [0.717, 1.165) is 12.3 Å². The lowest BCUT2D eigenvalue weighted by molar-refractivity contribution is -0.141. The van der Waals surface area contributed by atoms with Crippen LogP contribution in [0.3, 0.4) is 0 Å². The van der Waals surface area contributed by atoms with E-state index in [1.54, 1.807) is 11.8 Å². The van der Waals surface area contributed by atoms with Crippen molar-refractivity contribution in [2.45, 2.75) is 58.0 Å². The van der Waals surface area contributed by atoms with Gasteiger partial charge in [-0.05, 0) is 38.0 Å². The molecule has 0 bridgehead atoms. The van der Waals surface area contributed by atoms with Crippen LogP contribution in [0.4, 0.5) is 4.39 Å². The van der Waals surface area contributed by atoms with Crippen molar-refractivity contribution in [1.29, 1.82) is 0 Å². The molecule has 1 aliphatic heterocycles. The van der Waals surface area contributed by atoms with Gasteiger partial charge in [-0.1, -0.05) is 13.8 Å². The molecule has 2 aromatic rings. The quantitative estimate of drug-likeness (QED) is 0.490. The zero-order valence-electron chi connectivity index (χ0n) is 21.2. The second-order valence-corrected chi connectivity index (χ2v) is 11.5. The van der Waals surface area contributed by atoms with Crippen molar-refractivity contribution in [3.05, 3.63) is 35.9 Å². The monoisotopic (exact) mass is 521 g/mol. The second kappa shape index (κ2) is 11.3. The Hall–Kier alpha value is -3.08. The molecule has 0 N–H and O–H groups in total. The summed E-state index contributed by atoms with van der Waals surface area (Å²) in [5.74, 6) is -0.884. The molecule has 1 aromatic heterocycles. The first-order valence-corrected chi connectivity index (χ1v) is 13.7. The van der Waals surface area contributed by atoms with E-state index in [4.69, 9.17) is 9.47 Å². The smallest absolute Gasteiger partial charge is 0.229 e. The highest BCUT2D eigenvalue weighted by Gasteiger charge is 2.31. The van der Waals surface area contributed by atoms with Crippen molar-refractivity contribution in [1.82, 2.24) is 14.9 Å². The van der Waals surface area contributed by atoms with Crippen LogP contribution in [0.15, 0.2) is 29.4 Å². The average molecular weight is 522 g/mol. The minimum Gasteiger partial charge on any atom is -0.474 e. The summed E-state index contributed by atoms with van der Waals surface area (Å²) in [6.45, 7) is 8.10. The van der Waals surface area contributed by atoms with Gasteiger partial charge < -0.3 is 19.2 Å². The largest absolute Gasteiger partial charge is 0.474 e. The molecule has 0 radical (unpaired) electrons. The molecule has 1 amide bonds. The van der Waals surface area contributed by atoms with Crippen LogP contribution in [0.2, 0.25) is 0 Å².